The normalized spacial score (nSPS) is 10.5. The van der Waals surface area contributed by atoms with Crippen molar-refractivity contribution in [2.45, 2.75) is 0 Å². The quantitative estimate of drug-likeness (QED) is 0.514. The van der Waals surface area contributed by atoms with Gasteiger partial charge in [-0.25, -0.2) is 4.98 Å². The monoisotopic (exact) mass is 335 g/mol. The van der Waals surface area contributed by atoms with Crippen LogP contribution in [0.15, 0.2) is 48.5 Å². The highest BCUT2D eigenvalue weighted by Crippen LogP contribution is 2.14. The Labute approximate surface area is 136 Å². The van der Waals surface area contributed by atoms with Gasteiger partial charge in [0.25, 0.3) is 11.8 Å². The Morgan fingerprint density at radius 3 is 2.27 bits per heavy atom. The van der Waals surface area contributed by atoms with Gasteiger partial charge in [0.05, 0.1) is 0 Å². The number of hydrogen-bond acceptors (Lipinski definition) is 3. The zero-order valence-corrected chi connectivity index (χ0v) is 12.7. The second-order valence-corrected chi connectivity index (χ2v) is 4.96. The van der Waals surface area contributed by atoms with Crippen molar-refractivity contribution in [3.05, 3.63) is 70.0 Å². The van der Waals surface area contributed by atoms with Crippen molar-refractivity contribution in [2.24, 2.45) is 0 Å². The molecule has 2 rings (SSSR count). The maximum absolute atomic E-state index is 11.8. The number of hydrogen-bond donors (Lipinski definition) is 2. The first-order chi connectivity index (χ1) is 10.5. The third-order valence-electron chi connectivity index (χ3n) is 2.55. The van der Waals surface area contributed by atoms with Gasteiger partial charge in [-0.3, -0.25) is 20.4 Å². The number of rotatable bonds is 3. The van der Waals surface area contributed by atoms with Gasteiger partial charge >= 0.3 is 0 Å². The third-order valence-corrected chi connectivity index (χ3v) is 2.94. The molecule has 2 amide bonds. The molecule has 112 valence electrons. The first-order valence-corrected chi connectivity index (χ1v) is 6.97. The lowest BCUT2D eigenvalue weighted by molar-refractivity contribution is -0.117. The molecule has 0 aliphatic heterocycles. The van der Waals surface area contributed by atoms with Crippen LogP contribution in [0, 0.1) is 0 Å². The standard InChI is InChI=1S/C15H11Cl2N3O2/c16-12-8-11(9-13(17)18-12)15(22)20-19-14(21)7-6-10-4-2-1-3-5-10/h1-9H,(H,19,21)(H,20,22)/b7-6+. The lowest BCUT2D eigenvalue weighted by Gasteiger charge is -2.05. The number of pyridine rings is 1. The third kappa shape index (κ3) is 4.87. The first kappa shape index (κ1) is 16.0. The number of carbonyl (C=O) groups is 2. The lowest BCUT2D eigenvalue weighted by atomic mass is 10.2. The summed E-state index contributed by atoms with van der Waals surface area (Å²) in [7, 11) is 0. The van der Waals surface area contributed by atoms with Gasteiger partial charge in [-0.15, -0.1) is 0 Å². The highest BCUT2D eigenvalue weighted by molar-refractivity contribution is 6.33. The molecular weight excluding hydrogens is 325 g/mol. The summed E-state index contributed by atoms with van der Waals surface area (Å²) in [6, 6.07) is 12.0. The molecule has 2 aromatic rings. The van der Waals surface area contributed by atoms with Gasteiger partial charge in [0.1, 0.15) is 10.3 Å². The largest absolute Gasteiger partial charge is 0.269 e. The number of amides is 2. The SMILES string of the molecule is O=C(/C=C/c1ccccc1)NNC(=O)c1cc(Cl)nc(Cl)c1. The second kappa shape index (κ2) is 7.59. The minimum atomic E-state index is -0.548. The van der Waals surface area contributed by atoms with Crippen LogP contribution in [0.25, 0.3) is 6.08 Å². The average molecular weight is 336 g/mol. The van der Waals surface area contributed by atoms with E-state index < -0.39 is 11.8 Å². The smallest absolute Gasteiger partial charge is 0.268 e. The predicted molar refractivity (Wildman–Crippen MR) is 85.3 cm³/mol. The molecule has 1 aromatic heterocycles. The summed E-state index contributed by atoms with van der Waals surface area (Å²) in [5, 5.41) is 0.181. The molecule has 0 aliphatic rings. The van der Waals surface area contributed by atoms with Crippen molar-refractivity contribution < 1.29 is 9.59 Å². The second-order valence-electron chi connectivity index (χ2n) is 4.19. The topological polar surface area (TPSA) is 71.1 Å². The van der Waals surface area contributed by atoms with Crippen LogP contribution in [0.1, 0.15) is 15.9 Å². The number of halogens is 2. The van der Waals surface area contributed by atoms with Crippen molar-refractivity contribution in [3.8, 4) is 0 Å². The minimum absolute atomic E-state index is 0.0907. The molecule has 22 heavy (non-hydrogen) atoms. The van der Waals surface area contributed by atoms with Crippen LogP contribution in [0.2, 0.25) is 10.3 Å². The van der Waals surface area contributed by atoms with Crippen molar-refractivity contribution in [2.75, 3.05) is 0 Å². The van der Waals surface area contributed by atoms with Crippen molar-refractivity contribution >= 4 is 41.1 Å². The van der Waals surface area contributed by atoms with Crippen LogP contribution < -0.4 is 10.9 Å². The van der Waals surface area contributed by atoms with E-state index in [9.17, 15) is 9.59 Å². The summed E-state index contributed by atoms with van der Waals surface area (Å²) in [5.74, 6) is -1.02. The Morgan fingerprint density at radius 1 is 1.00 bits per heavy atom. The molecule has 0 aliphatic carbocycles. The van der Waals surface area contributed by atoms with Gasteiger partial charge in [0, 0.05) is 11.6 Å². The summed E-state index contributed by atoms with van der Waals surface area (Å²) in [5.41, 5.74) is 5.58. The Morgan fingerprint density at radius 2 is 1.64 bits per heavy atom. The maximum atomic E-state index is 11.8. The van der Waals surface area contributed by atoms with Gasteiger partial charge in [0.15, 0.2) is 0 Å². The first-order valence-electron chi connectivity index (χ1n) is 6.21. The molecule has 1 aromatic carbocycles. The molecule has 7 heteroatoms. The van der Waals surface area contributed by atoms with E-state index >= 15 is 0 Å². The van der Waals surface area contributed by atoms with Crippen LogP contribution in [0.4, 0.5) is 0 Å². The van der Waals surface area contributed by atoms with E-state index in [4.69, 9.17) is 23.2 Å². The van der Waals surface area contributed by atoms with Crippen LogP contribution in [0.3, 0.4) is 0 Å². The van der Waals surface area contributed by atoms with Gasteiger partial charge < -0.3 is 0 Å². The minimum Gasteiger partial charge on any atom is -0.268 e. The fourth-order valence-electron chi connectivity index (χ4n) is 1.56. The zero-order valence-electron chi connectivity index (χ0n) is 11.2. The van der Waals surface area contributed by atoms with Crippen molar-refractivity contribution in [3.63, 3.8) is 0 Å². The van der Waals surface area contributed by atoms with Crippen molar-refractivity contribution in [1.29, 1.82) is 0 Å². The number of carbonyl (C=O) groups excluding carboxylic acids is 2. The molecule has 0 saturated heterocycles. The fraction of sp³-hybridized carbons (Fsp3) is 0. The lowest BCUT2D eigenvalue weighted by Crippen LogP contribution is -2.40. The molecular formula is C15H11Cl2N3O2. The molecule has 0 bridgehead atoms. The molecule has 0 fully saturated rings. The van der Waals surface area contributed by atoms with E-state index in [-0.39, 0.29) is 15.9 Å². The molecule has 0 saturated carbocycles. The molecule has 0 radical (unpaired) electrons. The summed E-state index contributed by atoms with van der Waals surface area (Å²) in [6.07, 6.45) is 2.93. The Balaban J connectivity index is 1.90. The molecule has 1 heterocycles. The van der Waals surface area contributed by atoms with Gasteiger partial charge in [-0.05, 0) is 23.8 Å². The van der Waals surface area contributed by atoms with E-state index in [1.54, 1.807) is 6.08 Å². The predicted octanol–water partition coefficient (Wildman–Crippen LogP) is 2.86. The number of hydrazine groups is 1. The molecule has 2 N–H and O–H groups in total. The van der Waals surface area contributed by atoms with Crippen molar-refractivity contribution in [1.82, 2.24) is 15.8 Å². The zero-order chi connectivity index (χ0) is 15.9. The van der Waals surface area contributed by atoms with E-state index in [0.717, 1.165) is 5.56 Å². The molecule has 0 spiro atoms. The molecule has 5 nitrogen and oxygen atoms in total. The van der Waals surface area contributed by atoms with Crippen LogP contribution in [-0.2, 0) is 4.79 Å². The van der Waals surface area contributed by atoms with E-state index in [0.29, 0.717) is 0 Å². The van der Waals surface area contributed by atoms with E-state index in [2.05, 4.69) is 15.8 Å². The fourth-order valence-corrected chi connectivity index (χ4v) is 2.02. The molecule has 0 unspecified atom stereocenters. The maximum Gasteiger partial charge on any atom is 0.269 e. The highest BCUT2D eigenvalue weighted by Gasteiger charge is 2.09. The Hall–Kier alpha value is -2.37. The Kier molecular flexibility index (Phi) is 5.52. The average Bonchev–Trinajstić information content (AvgIpc) is 2.50. The summed E-state index contributed by atoms with van der Waals surface area (Å²) in [6.45, 7) is 0. The van der Waals surface area contributed by atoms with Gasteiger partial charge in [0.2, 0.25) is 0 Å². The number of nitrogens with one attached hydrogen (secondary N) is 2. The van der Waals surface area contributed by atoms with Crippen LogP contribution in [0.5, 0.6) is 0 Å². The summed E-state index contributed by atoms with van der Waals surface area (Å²) >= 11 is 11.4. The molecule has 0 atom stereocenters. The van der Waals surface area contributed by atoms with Gasteiger partial charge in [-0.2, -0.15) is 0 Å². The van der Waals surface area contributed by atoms with Gasteiger partial charge in [-0.1, -0.05) is 53.5 Å². The summed E-state index contributed by atoms with van der Waals surface area (Å²) < 4.78 is 0. The Bertz CT molecular complexity index is 698. The van der Waals surface area contributed by atoms with E-state index in [1.165, 1.54) is 18.2 Å². The number of aromatic nitrogens is 1. The number of benzene rings is 1. The van der Waals surface area contributed by atoms with Crippen LogP contribution >= 0.6 is 23.2 Å². The number of nitrogens with zero attached hydrogens (tertiary/aromatic N) is 1. The van der Waals surface area contributed by atoms with E-state index in [1.807, 2.05) is 30.3 Å². The van der Waals surface area contributed by atoms with Crippen LogP contribution in [-0.4, -0.2) is 16.8 Å². The highest BCUT2D eigenvalue weighted by atomic mass is 35.5. The summed E-state index contributed by atoms with van der Waals surface area (Å²) in [4.78, 5) is 27.2.